The Morgan fingerprint density at radius 2 is 1.56 bits per heavy atom. The van der Waals surface area contributed by atoms with E-state index in [0.717, 1.165) is 44.9 Å². The minimum atomic E-state index is -0.547. The van der Waals surface area contributed by atoms with Gasteiger partial charge in [0.05, 0.1) is 12.0 Å². The topological polar surface area (TPSA) is 57.5 Å². The molecule has 4 aliphatic rings. The van der Waals surface area contributed by atoms with Crippen molar-refractivity contribution in [2.45, 2.75) is 125 Å². The molecular weight excluding hydrogens is 420 g/mol. The summed E-state index contributed by atoms with van der Waals surface area (Å²) in [4.78, 5) is 12.2. The van der Waals surface area contributed by atoms with Gasteiger partial charge in [-0.25, -0.2) is 0 Å². The number of aliphatic hydroxyl groups excluding tert-OH is 1. The predicted octanol–water partition coefficient (Wildman–Crippen LogP) is 8.12. The highest BCUT2D eigenvalue weighted by atomic mass is 16.4. The zero-order valence-electron chi connectivity index (χ0n) is 23.3. The fourth-order valence-electron chi connectivity index (χ4n) is 10.2. The fraction of sp³-hybridized carbons (Fsp3) is 0.903. The van der Waals surface area contributed by atoms with E-state index in [2.05, 4.69) is 48.1 Å². The van der Waals surface area contributed by atoms with Gasteiger partial charge in [0.2, 0.25) is 0 Å². The van der Waals surface area contributed by atoms with Gasteiger partial charge in [-0.15, -0.1) is 6.58 Å². The molecule has 0 saturated heterocycles. The van der Waals surface area contributed by atoms with Crippen molar-refractivity contribution in [3.63, 3.8) is 0 Å². The maximum absolute atomic E-state index is 12.2. The molecule has 0 bridgehead atoms. The highest BCUT2D eigenvalue weighted by Crippen LogP contribution is 2.74. The van der Waals surface area contributed by atoms with Crippen LogP contribution in [-0.2, 0) is 4.79 Å². The Morgan fingerprint density at radius 1 is 0.941 bits per heavy atom. The molecule has 0 amide bonds. The van der Waals surface area contributed by atoms with Gasteiger partial charge in [-0.05, 0) is 110 Å². The number of rotatable bonds is 4. The number of fused-ring (bicyclic) bond motifs is 5. The molecule has 3 nitrogen and oxygen atoms in total. The summed E-state index contributed by atoms with van der Waals surface area (Å²) in [7, 11) is 0. The third-order valence-electron chi connectivity index (χ3n) is 12.1. The van der Waals surface area contributed by atoms with Crippen molar-refractivity contribution >= 4 is 5.97 Å². The number of aliphatic carboxylic acids is 1. The summed E-state index contributed by atoms with van der Waals surface area (Å²) in [6.45, 7) is 19.8. The fourth-order valence-corrected chi connectivity index (χ4v) is 10.2. The molecule has 4 saturated carbocycles. The van der Waals surface area contributed by atoms with E-state index in [9.17, 15) is 15.0 Å². The molecule has 4 rings (SSSR count). The molecule has 3 heteroatoms. The molecule has 0 aromatic heterocycles. The molecule has 9 atom stereocenters. The Labute approximate surface area is 210 Å². The summed E-state index contributed by atoms with van der Waals surface area (Å²) in [5, 5.41) is 20.9. The first-order chi connectivity index (χ1) is 15.8. The average Bonchev–Trinajstić information content (AvgIpc) is 2.75. The Bertz CT molecular complexity index is 743. The van der Waals surface area contributed by atoms with Gasteiger partial charge >= 0.3 is 5.97 Å². The molecule has 0 aromatic rings. The molecule has 0 aromatic carbocycles. The van der Waals surface area contributed by atoms with E-state index in [1.165, 1.54) is 25.7 Å². The lowest BCUT2D eigenvalue weighted by Gasteiger charge is -2.72. The molecule has 0 heterocycles. The van der Waals surface area contributed by atoms with Gasteiger partial charge in [-0.3, -0.25) is 4.79 Å². The molecular formula is C31H54O3. The molecule has 8 unspecified atom stereocenters. The van der Waals surface area contributed by atoms with E-state index in [0.29, 0.717) is 29.1 Å². The van der Waals surface area contributed by atoms with Crippen molar-refractivity contribution in [3.8, 4) is 0 Å². The smallest absolute Gasteiger partial charge is 0.306 e. The summed E-state index contributed by atoms with van der Waals surface area (Å²) in [5.41, 5.74) is 0.824. The van der Waals surface area contributed by atoms with Crippen molar-refractivity contribution in [1.29, 1.82) is 0 Å². The molecule has 0 radical (unpaired) electrons. The number of unbranched alkanes of at least 4 members (excludes halogenated alkanes) is 1. The maximum atomic E-state index is 12.2. The second-order valence-electron chi connectivity index (χ2n) is 13.7. The number of carboxylic acids is 1. The van der Waals surface area contributed by atoms with Gasteiger partial charge < -0.3 is 10.2 Å². The molecule has 2 N–H and O–H groups in total. The standard InChI is InChI=1S/C28H48O3.C3H6/c1-7-8-9-18-19(24(30)31)12-16-27(5)20(18)10-11-22-26(4)15-14-23(29)25(2,3)21(26)13-17-28(22,27)6;1-3-2/h18-23,29H,7-17H2,1-6H3,(H,30,31);3H,1H2,2H3/t18?,19?,20?,21?,22?,23?,26?,27-,28?;/m1./s1. The third-order valence-corrected chi connectivity index (χ3v) is 12.1. The Hall–Kier alpha value is -0.830. The van der Waals surface area contributed by atoms with E-state index in [1.54, 1.807) is 6.08 Å². The quantitative estimate of drug-likeness (QED) is 0.404. The van der Waals surface area contributed by atoms with Crippen LogP contribution in [0.5, 0.6) is 0 Å². The van der Waals surface area contributed by atoms with Crippen molar-refractivity contribution in [2.24, 2.45) is 51.2 Å². The van der Waals surface area contributed by atoms with Crippen LogP contribution in [0, 0.1) is 51.2 Å². The minimum absolute atomic E-state index is 0.00326. The predicted molar refractivity (Wildman–Crippen MR) is 142 cm³/mol. The summed E-state index contributed by atoms with van der Waals surface area (Å²) in [6.07, 6.45) is 14.0. The number of carbonyl (C=O) groups is 1. The van der Waals surface area contributed by atoms with Crippen LogP contribution >= 0.6 is 0 Å². The monoisotopic (exact) mass is 474 g/mol. The second-order valence-corrected chi connectivity index (χ2v) is 13.7. The number of carboxylic acid groups (broad SMARTS) is 1. The third kappa shape index (κ3) is 4.10. The minimum Gasteiger partial charge on any atom is -0.481 e. The molecule has 0 spiro atoms. The van der Waals surface area contributed by atoms with Crippen LogP contribution in [0.1, 0.15) is 119 Å². The van der Waals surface area contributed by atoms with Gasteiger partial charge in [-0.2, -0.15) is 0 Å². The van der Waals surface area contributed by atoms with E-state index < -0.39 is 5.97 Å². The summed E-state index contributed by atoms with van der Waals surface area (Å²) in [5.74, 6) is 1.50. The summed E-state index contributed by atoms with van der Waals surface area (Å²) < 4.78 is 0. The first-order valence-electron chi connectivity index (χ1n) is 14.3. The van der Waals surface area contributed by atoms with Gasteiger partial charge in [-0.1, -0.05) is 60.5 Å². The zero-order valence-corrected chi connectivity index (χ0v) is 23.3. The highest BCUT2D eigenvalue weighted by molar-refractivity contribution is 5.70. The molecule has 4 aliphatic carbocycles. The lowest BCUT2D eigenvalue weighted by molar-refractivity contribution is -0.241. The number of hydrogen-bond acceptors (Lipinski definition) is 2. The lowest BCUT2D eigenvalue weighted by atomic mass is 9.33. The summed E-state index contributed by atoms with van der Waals surface area (Å²) in [6, 6.07) is 0. The first kappa shape index (κ1) is 27.8. The van der Waals surface area contributed by atoms with E-state index in [4.69, 9.17) is 0 Å². The van der Waals surface area contributed by atoms with Crippen LogP contribution in [0.2, 0.25) is 0 Å². The molecule has 4 fully saturated rings. The van der Waals surface area contributed by atoms with Crippen LogP contribution in [-0.4, -0.2) is 22.3 Å². The van der Waals surface area contributed by atoms with Gasteiger partial charge in [0, 0.05) is 0 Å². The average molecular weight is 475 g/mol. The zero-order chi connectivity index (χ0) is 25.5. The molecule has 0 aliphatic heterocycles. The van der Waals surface area contributed by atoms with E-state index in [-0.39, 0.29) is 28.3 Å². The largest absolute Gasteiger partial charge is 0.481 e. The van der Waals surface area contributed by atoms with Crippen LogP contribution in [0.4, 0.5) is 0 Å². The SMILES string of the molecule is C=CC.CCCCC1C(C(=O)O)CC[C@]2(C)C1CCC1C3(C)CCC(O)C(C)(C)C3CCC12C. The van der Waals surface area contributed by atoms with Crippen molar-refractivity contribution in [1.82, 2.24) is 0 Å². The Balaban J connectivity index is 0.00000103. The van der Waals surface area contributed by atoms with Crippen LogP contribution < -0.4 is 0 Å². The molecule has 196 valence electrons. The Morgan fingerprint density at radius 3 is 2.15 bits per heavy atom. The van der Waals surface area contributed by atoms with Crippen molar-refractivity contribution in [3.05, 3.63) is 12.7 Å². The lowest BCUT2D eigenvalue weighted by Crippen LogP contribution is -2.66. The Kier molecular flexibility index (Phi) is 8.09. The molecule has 34 heavy (non-hydrogen) atoms. The van der Waals surface area contributed by atoms with Crippen molar-refractivity contribution in [2.75, 3.05) is 0 Å². The van der Waals surface area contributed by atoms with Gasteiger partial charge in [0.25, 0.3) is 0 Å². The van der Waals surface area contributed by atoms with E-state index >= 15 is 0 Å². The van der Waals surface area contributed by atoms with Gasteiger partial charge in [0.1, 0.15) is 0 Å². The highest BCUT2D eigenvalue weighted by Gasteiger charge is 2.68. The second kappa shape index (κ2) is 9.91. The first-order valence-corrected chi connectivity index (χ1v) is 14.3. The summed E-state index contributed by atoms with van der Waals surface area (Å²) >= 11 is 0. The van der Waals surface area contributed by atoms with Gasteiger partial charge in [0.15, 0.2) is 0 Å². The number of aliphatic hydroxyl groups is 1. The normalized spacial score (nSPS) is 47.2. The number of allylic oxidation sites excluding steroid dienone is 1. The van der Waals surface area contributed by atoms with Crippen LogP contribution in [0.15, 0.2) is 12.7 Å². The van der Waals surface area contributed by atoms with Crippen molar-refractivity contribution < 1.29 is 15.0 Å². The maximum Gasteiger partial charge on any atom is 0.306 e. The van der Waals surface area contributed by atoms with E-state index in [1.807, 2.05) is 6.92 Å². The van der Waals surface area contributed by atoms with Crippen LogP contribution in [0.25, 0.3) is 0 Å². The van der Waals surface area contributed by atoms with Crippen LogP contribution in [0.3, 0.4) is 0 Å². The number of hydrogen-bond donors (Lipinski definition) is 2.